The van der Waals surface area contributed by atoms with E-state index < -0.39 is 6.04 Å². The van der Waals surface area contributed by atoms with E-state index in [0.29, 0.717) is 6.54 Å². The summed E-state index contributed by atoms with van der Waals surface area (Å²) in [7, 11) is 1.51. The molecule has 0 radical (unpaired) electrons. The molecule has 0 aromatic carbocycles. The number of aryl methyl sites for hydroxylation is 1. The number of halogens is 2. The fourth-order valence-corrected chi connectivity index (χ4v) is 1.90. The van der Waals surface area contributed by atoms with E-state index in [1.807, 2.05) is 5.38 Å². The highest BCUT2D eigenvalue weighted by Crippen LogP contribution is 2.09. The largest absolute Gasteiger partial charge is 0.383 e. The van der Waals surface area contributed by atoms with Gasteiger partial charge >= 0.3 is 0 Å². The molecule has 0 bridgehead atoms. The molecule has 8 heteroatoms. The fraction of sp³-hybridized carbons (Fsp3) is 0.600. The van der Waals surface area contributed by atoms with Gasteiger partial charge in [-0.2, -0.15) is 0 Å². The first-order chi connectivity index (χ1) is 7.67. The Balaban J connectivity index is 0. The highest BCUT2D eigenvalue weighted by Gasteiger charge is 2.12. The number of methoxy groups -OCH3 is 1. The van der Waals surface area contributed by atoms with Gasteiger partial charge in [-0.25, -0.2) is 4.98 Å². The molecule has 1 amide bonds. The maximum atomic E-state index is 11.4. The average molecular weight is 316 g/mol. The number of carbonyl (C=O) groups excluding carboxylic acids is 1. The average Bonchev–Trinajstić information content (AvgIpc) is 2.74. The Morgan fingerprint density at radius 1 is 1.61 bits per heavy atom. The van der Waals surface area contributed by atoms with E-state index in [-0.39, 0.29) is 37.3 Å². The summed E-state index contributed by atoms with van der Waals surface area (Å²) < 4.78 is 4.80. The summed E-state index contributed by atoms with van der Waals surface area (Å²) in [6.45, 7) is 2.70. The number of aromatic nitrogens is 1. The number of carbonyl (C=O) groups is 1. The number of hydrogen-bond acceptors (Lipinski definition) is 5. The van der Waals surface area contributed by atoms with Gasteiger partial charge in [0.1, 0.15) is 6.04 Å². The number of nitrogens with one attached hydrogen (secondary N) is 1. The minimum absolute atomic E-state index is 0. The number of nitrogens with two attached hydrogens (primary N) is 1. The van der Waals surface area contributed by atoms with Crippen molar-refractivity contribution < 1.29 is 9.53 Å². The molecule has 0 aliphatic carbocycles. The first kappa shape index (κ1) is 19.9. The molecule has 3 N–H and O–H groups in total. The van der Waals surface area contributed by atoms with Crippen LogP contribution in [0.5, 0.6) is 0 Å². The Kier molecular flexibility index (Phi) is 11.6. The zero-order chi connectivity index (χ0) is 12.0. The van der Waals surface area contributed by atoms with Crippen molar-refractivity contribution in [2.75, 3.05) is 13.7 Å². The summed E-state index contributed by atoms with van der Waals surface area (Å²) in [6, 6.07) is -0.616. The first-order valence-corrected chi connectivity index (χ1v) is 6.00. The summed E-state index contributed by atoms with van der Waals surface area (Å²) in [6.07, 6.45) is 0.918. The monoisotopic (exact) mass is 315 g/mol. The Bertz CT molecular complexity index is 350. The Morgan fingerprint density at radius 3 is 2.78 bits per heavy atom. The van der Waals surface area contributed by atoms with Crippen molar-refractivity contribution in [2.45, 2.75) is 25.9 Å². The van der Waals surface area contributed by atoms with E-state index in [4.69, 9.17) is 10.5 Å². The molecule has 0 spiro atoms. The van der Waals surface area contributed by atoms with Crippen LogP contribution in [0.25, 0.3) is 0 Å². The van der Waals surface area contributed by atoms with Gasteiger partial charge in [-0.3, -0.25) is 4.79 Å². The van der Waals surface area contributed by atoms with Crippen LogP contribution in [0.4, 0.5) is 0 Å². The molecule has 1 aromatic rings. The molecular formula is C10H19Cl2N3O2S. The van der Waals surface area contributed by atoms with Gasteiger partial charge in [0.05, 0.1) is 23.9 Å². The summed E-state index contributed by atoms with van der Waals surface area (Å²) in [5, 5.41) is 5.74. The van der Waals surface area contributed by atoms with Gasteiger partial charge in [0.15, 0.2) is 0 Å². The molecule has 1 unspecified atom stereocenters. The lowest BCUT2D eigenvalue weighted by Crippen LogP contribution is -2.43. The van der Waals surface area contributed by atoms with Crippen molar-refractivity contribution in [3.05, 3.63) is 16.1 Å². The van der Waals surface area contributed by atoms with E-state index in [0.717, 1.165) is 17.1 Å². The number of rotatable bonds is 6. The molecule has 0 aliphatic heterocycles. The summed E-state index contributed by atoms with van der Waals surface area (Å²) in [5.41, 5.74) is 6.44. The third-order valence-electron chi connectivity index (χ3n) is 2.03. The molecule has 1 aromatic heterocycles. The fourth-order valence-electron chi connectivity index (χ4n) is 1.16. The number of hydrogen-bond donors (Lipinski definition) is 2. The predicted molar refractivity (Wildman–Crippen MR) is 77.7 cm³/mol. The van der Waals surface area contributed by atoms with Crippen LogP contribution in [0.15, 0.2) is 5.38 Å². The summed E-state index contributed by atoms with van der Waals surface area (Å²) in [5.74, 6) is -0.215. The van der Waals surface area contributed by atoms with Gasteiger partial charge in [0.25, 0.3) is 0 Å². The minimum Gasteiger partial charge on any atom is -0.383 e. The standard InChI is InChI=1S/C10H17N3O2S.2ClH/c1-3-9-13-7(6-16-9)4-12-10(14)8(11)5-15-2;;/h6,8H,3-5,11H2,1-2H3,(H,12,14);2*1H. The van der Waals surface area contributed by atoms with Crippen LogP contribution >= 0.6 is 36.2 Å². The van der Waals surface area contributed by atoms with E-state index in [1.165, 1.54) is 7.11 Å². The van der Waals surface area contributed by atoms with Gasteiger partial charge in [-0.15, -0.1) is 36.2 Å². The highest BCUT2D eigenvalue weighted by molar-refractivity contribution is 7.09. The predicted octanol–water partition coefficient (Wildman–Crippen LogP) is 1.14. The Labute approximate surface area is 123 Å². The van der Waals surface area contributed by atoms with Crippen molar-refractivity contribution >= 4 is 42.1 Å². The summed E-state index contributed by atoms with van der Waals surface area (Å²) in [4.78, 5) is 15.8. The number of amides is 1. The molecule has 1 heterocycles. The van der Waals surface area contributed by atoms with E-state index in [1.54, 1.807) is 11.3 Å². The van der Waals surface area contributed by atoms with E-state index in [9.17, 15) is 4.79 Å². The molecule has 1 atom stereocenters. The van der Waals surface area contributed by atoms with Crippen molar-refractivity contribution in [1.29, 1.82) is 0 Å². The Morgan fingerprint density at radius 2 is 2.28 bits per heavy atom. The second-order valence-corrected chi connectivity index (χ2v) is 4.31. The zero-order valence-electron chi connectivity index (χ0n) is 10.3. The molecule has 0 saturated heterocycles. The third-order valence-corrected chi connectivity index (χ3v) is 3.07. The third kappa shape index (κ3) is 6.51. The van der Waals surface area contributed by atoms with Crippen LogP contribution < -0.4 is 11.1 Å². The van der Waals surface area contributed by atoms with Gasteiger partial charge in [0, 0.05) is 12.5 Å². The molecule has 106 valence electrons. The van der Waals surface area contributed by atoms with E-state index in [2.05, 4.69) is 17.2 Å². The van der Waals surface area contributed by atoms with Gasteiger partial charge in [-0.1, -0.05) is 6.92 Å². The SMILES string of the molecule is CCc1nc(CNC(=O)C(N)COC)cs1.Cl.Cl. The second-order valence-electron chi connectivity index (χ2n) is 3.37. The van der Waals surface area contributed by atoms with Crippen molar-refractivity contribution in [3.8, 4) is 0 Å². The molecule has 0 aliphatic rings. The van der Waals surface area contributed by atoms with Gasteiger partial charge in [0.2, 0.25) is 5.91 Å². The molecule has 5 nitrogen and oxygen atoms in total. The first-order valence-electron chi connectivity index (χ1n) is 5.12. The Hall–Kier alpha value is -0.400. The normalized spacial score (nSPS) is 11.1. The van der Waals surface area contributed by atoms with Crippen LogP contribution in [0.3, 0.4) is 0 Å². The molecule has 0 fully saturated rings. The molecule has 0 saturated carbocycles. The van der Waals surface area contributed by atoms with Gasteiger partial charge < -0.3 is 15.8 Å². The van der Waals surface area contributed by atoms with Crippen LogP contribution in [0.1, 0.15) is 17.6 Å². The maximum Gasteiger partial charge on any atom is 0.239 e. The molecule has 1 rings (SSSR count). The summed E-state index contributed by atoms with van der Waals surface area (Å²) >= 11 is 1.60. The highest BCUT2D eigenvalue weighted by atomic mass is 35.5. The van der Waals surface area contributed by atoms with Crippen LogP contribution in [-0.4, -0.2) is 30.6 Å². The lowest BCUT2D eigenvalue weighted by Gasteiger charge is -2.09. The second kappa shape index (κ2) is 10.5. The van der Waals surface area contributed by atoms with Crippen LogP contribution in [-0.2, 0) is 22.5 Å². The lowest BCUT2D eigenvalue weighted by atomic mass is 10.3. The maximum absolute atomic E-state index is 11.4. The molecule has 18 heavy (non-hydrogen) atoms. The number of thiazole rings is 1. The van der Waals surface area contributed by atoms with Crippen molar-refractivity contribution in [3.63, 3.8) is 0 Å². The van der Waals surface area contributed by atoms with Gasteiger partial charge in [-0.05, 0) is 6.42 Å². The zero-order valence-corrected chi connectivity index (χ0v) is 12.8. The van der Waals surface area contributed by atoms with Crippen LogP contribution in [0.2, 0.25) is 0 Å². The minimum atomic E-state index is -0.616. The smallest absolute Gasteiger partial charge is 0.239 e. The molecular weight excluding hydrogens is 297 g/mol. The lowest BCUT2D eigenvalue weighted by molar-refractivity contribution is -0.123. The van der Waals surface area contributed by atoms with E-state index >= 15 is 0 Å². The quantitative estimate of drug-likeness (QED) is 0.825. The van der Waals surface area contributed by atoms with Crippen LogP contribution in [0, 0.1) is 0 Å². The van der Waals surface area contributed by atoms with Crippen molar-refractivity contribution in [2.24, 2.45) is 5.73 Å². The number of ether oxygens (including phenoxy) is 1. The van der Waals surface area contributed by atoms with Crippen molar-refractivity contribution in [1.82, 2.24) is 10.3 Å². The number of nitrogens with zero attached hydrogens (tertiary/aromatic N) is 1. The topological polar surface area (TPSA) is 77.2 Å².